The summed E-state index contributed by atoms with van der Waals surface area (Å²) in [6.07, 6.45) is 1.20. The molecule has 178 valence electrons. The molecule has 1 saturated heterocycles. The SMILES string of the molecule is Cc1nc(-c2ccccc2)nc(N2CCN(C(=O)Cc3cccs3)CC2)c1Cc1ccc(Cl)cc1. The van der Waals surface area contributed by atoms with Crippen molar-refractivity contribution < 1.29 is 4.79 Å². The van der Waals surface area contributed by atoms with Crippen LogP contribution in [0.1, 0.15) is 21.7 Å². The maximum atomic E-state index is 12.8. The second-order valence-electron chi connectivity index (χ2n) is 8.73. The van der Waals surface area contributed by atoms with Gasteiger partial charge in [-0.05, 0) is 36.1 Å². The Hall–Kier alpha value is -3.22. The summed E-state index contributed by atoms with van der Waals surface area (Å²) in [5.74, 6) is 1.88. The van der Waals surface area contributed by atoms with Crippen molar-refractivity contribution >= 4 is 34.7 Å². The summed E-state index contributed by atoms with van der Waals surface area (Å²) < 4.78 is 0. The van der Waals surface area contributed by atoms with Gasteiger partial charge in [-0.25, -0.2) is 9.97 Å². The number of aryl methyl sites for hydroxylation is 1. The van der Waals surface area contributed by atoms with Crippen LogP contribution in [0.3, 0.4) is 0 Å². The third-order valence-corrected chi connectivity index (χ3v) is 7.48. The van der Waals surface area contributed by atoms with Gasteiger partial charge in [-0.3, -0.25) is 4.79 Å². The Morgan fingerprint density at radius 2 is 1.69 bits per heavy atom. The fraction of sp³-hybridized carbons (Fsp3) is 0.250. The number of hydrogen-bond donors (Lipinski definition) is 0. The van der Waals surface area contributed by atoms with Crippen molar-refractivity contribution in [3.63, 3.8) is 0 Å². The lowest BCUT2D eigenvalue weighted by atomic mass is 10.0. The van der Waals surface area contributed by atoms with Crippen LogP contribution in [0.15, 0.2) is 72.1 Å². The summed E-state index contributed by atoms with van der Waals surface area (Å²) in [6, 6.07) is 22.1. The normalized spacial score (nSPS) is 13.8. The molecule has 0 saturated carbocycles. The second kappa shape index (κ2) is 10.6. The summed E-state index contributed by atoms with van der Waals surface area (Å²) in [5.41, 5.74) is 4.25. The maximum Gasteiger partial charge on any atom is 0.227 e. The van der Waals surface area contributed by atoms with E-state index in [2.05, 4.69) is 24.0 Å². The minimum Gasteiger partial charge on any atom is -0.353 e. The molecule has 0 radical (unpaired) electrons. The van der Waals surface area contributed by atoms with Gasteiger partial charge in [-0.15, -0.1) is 11.3 Å². The lowest BCUT2D eigenvalue weighted by Gasteiger charge is -2.36. The van der Waals surface area contributed by atoms with E-state index in [0.717, 1.165) is 57.9 Å². The van der Waals surface area contributed by atoms with E-state index in [0.29, 0.717) is 19.5 Å². The number of piperazine rings is 1. The number of aromatic nitrogens is 2. The Kier molecular flexibility index (Phi) is 7.11. The Balaban J connectivity index is 1.41. The van der Waals surface area contributed by atoms with E-state index in [4.69, 9.17) is 21.6 Å². The zero-order valence-electron chi connectivity index (χ0n) is 19.7. The van der Waals surface area contributed by atoms with E-state index >= 15 is 0 Å². The van der Waals surface area contributed by atoms with E-state index in [1.54, 1.807) is 11.3 Å². The van der Waals surface area contributed by atoms with Gasteiger partial charge in [-0.1, -0.05) is 60.1 Å². The lowest BCUT2D eigenvalue weighted by molar-refractivity contribution is -0.130. The standard InChI is InChI=1S/C28H27ClN4OS/c1-20-25(18-21-9-11-23(29)12-10-21)28(31-27(30-20)22-6-3-2-4-7-22)33-15-13-32(14-16-33)26(34)19-24-8-5-17-35-24/h2-12,17H,13-16,18-19H2,1H3. The predicted octanol–water partition coefficient (Wildman–Crippen LogP) is 5.65. The molecule has 3 heterocycles. The molecule has 7 heteroatoms. The van der Waals surface area contributed by atoms with Gasteiger partial charge in [-0.2, -0.15) is 0 Å². The molecular weight excluding hydrogens is 476 g/mol. The summed E-state index contributed by atoms with van der Waals surface area (Å²) >= 11 is 7.74. The van der Waals surface area contributed by atoms with Gasteiger partial charge in [0.25, 0.3) is 0 Å². The highest BCUT2D eigenvalue weighted by molar-refractivity contribution is 7.10. The molecule has 5 rings (SSSR count). The molecule has 4 aromatic rings. The second-order valence-corrected chi connectivity index (χ2v) is 10.2. The maximum absolute atomic E-state index is 12.8. The highest BCUT2D eigenvalue weighted by atomic mass is 35.5. The fourth-order valence-electron chi connectivity index (χ4n) is 4.41. The number of rotatable bonds is 6. The molecule has 1 amide bonds. The first-order valence-corrected chi connectivity index (χ1v) is 13.0. The molecule has 1 fully saturated rings. The van der Waals surface area contributed by atoms with Crippen molar-refractivity contribution in [1.82, 2.24) is 14.9 Å². The van der Waals surface area contributed by atoms with Crippen molar-refractivity contribution in [2.45, 2.75) is 19.8 Å². The summed E-state index contributed by atoms with van der Waals surface area (Å²) in [6.45, 7) is 4.93. The molecule has 5 nitrogen and oxygen atoms in total. The van der Waals surface area contributed by atoms with Crippen molar-refractivity contribution in [2.75, 3.05) is 31.1 Å². The highest BCUT2D eigenvalue weighted by Gasteiger charge is 2.25. The van der Waals surface area contributed by atoms with Crippen LogP contribution in [-0.4, -0.2) is 47.0 Å². The highest BCUT2D eigenvalue weighted by Crippen LogP contribution is 2.29. The third kappa shape index (κ3) is 5.55. The van der Waals surface area contributed by atoms with Gasteiger partial charge in [0, 0.05) is 59.3 Å². The predicted molar refractivity (Wildman–Crippen MR) is 143 cm³/mol. The average Bonchev–Trinajstić information content (AvgIpc) is 3.40. The van der Waals surface area contributed by atoms with Gasteiger partial charge < -0.3 is 9.80 Å². The largest absolute Gasteiger partial charge is 0.353 e. The molecule has 1 aliphatic rings. The molecule has 0 bridgehead atoms. The van der Waals surface area contributed by atoms with E-state index in [-0.39, 0.29) is 5.91 Å². The van der Waals surface area contributed by atoms with Crippen LogP contribution in [0.5, 0.6) is 0 Å². The number of amides is 1. The number of hydrogen-bond acceptors (Lipinski definition) is 5. The number of benzene rings is 2. The van der Waals surface area contributed by atoms with E-state index in [1.807, 2.05) is 64.9 Å². The molecule has 0 unspecified atom stereocenters. The molecule has 0 aliphatic carbocycles. The van der Waals surface area contributed by atoms with Crippen LogP contribution in [0.2, 0.25) is 5.02 Å². The van der Waals surface area contributed by atoms with Gasteiger partial charge in [0.2, 0.25) is 5.91 Å². The van der Waals surface area contributed by atoms with Crippen LogP contribution >= 0.6 is 22.9 Å². The smallest absolute Gasteiger partial charge is 0.227 e. The van der Waals surface area contributed by atoms with Crippen molar-refractivity contribution in [3.05, 3.63) is 98.8 Å². The van der Waals surface area contributed by atoms with Crippen molar-refractivity contribution in [3.8, 4) is 11.4 Å². The Morgan fingerprint density at radius 1 is 0.943 bits per heavy atom. The zero-order chi connectivity index (χ0) is 24.2. The monoisotopic (exact) mass is 502 g/mol. The number of carbonyl (C=O) groups is 1. The van der Waals surface area contributed by atoms with Gasteiger partial charge >= 0.3 is 0 Å². The Labute approximate surface area is 215 Å². The van der Waals surface area contributed by atoms with Gasteiger partial charge in [0.15, 0.2) is 5.82 Å². The molecule has 2 aromatic carbocycles. The van der Waals surface area contributed by atoms with Gasteiger partial charge in [0.1, 0.15) is 5.82 Å². The van der Waals surface area contributed by atoms with Crippen LogP contribution < -0.4 is 4.90 Å². The first kappa shape index (κ1) is 23.5. The molecule has 0 N–H and O–H groups in total. The Morgan fingerprint density at radius 3 is 2.37 bits per heavy atom. The van der Waals surface area contributed by atoms with Gasteiger partial charge in [0.05, 0.1) is 6.42 Å². The van der Waals surface area contributed by atoms with Crippen molar-refractivity contribution in [1.29, 1.82) is 0 Å². The summed E-state index contributed by atoms with van der Waals surface area (Å²) in [5, 5.41) is 2.74. The minimum atomic E-state index is 0.192. The first-order chi connectivity index (χ1) is 17.1. The number of halogens is 1. The van der Waals surface area contributed by atoms with E-state index in [1.165, 1.54) is 5.56 Å². The zero-order valence-corrected chi connectivity index (χ0v) is 21.2. The number of nitrogens with zero attached hydrogens (tertiary/aromatic N) is 4. The van der Waals surface area contributed by atoms with Crippen LogP contribution in [0.4, 0.5) is 5.82 Å². The topological polar surface area (TPSA) is 49.3 Å². The van der Waals surface area contributed by atoms with E-state index in [9.17, 15) is 4.79 Å². The first-order valence-electron chi connectivity index (χ1n) is 11.8. The summed E-state index contributed by atoms with van der Waals surface area (Å²) in [4.78, 5) is 28.1. The number of thiophene rings is 1. The van der Waals surface area contributed by atoms with E-state index < -0.39 is 0 Å². The van der Waals surface area contributed by atoms with Crippen LogP contribution in [-0.2, 0) is 17.6 Å². The number of carbonyl (C=O) groups excluding carboxylic acids is 1. The molecule has 35 heavy (non-hydrogen) atoms. The summed E-state index contributed by atoms with van der Waals surface area (Å²) in [7, 11) is 0. The molecule has 2 aromatic heterocycles. The van der Waals surface area contributed by atoms with Crippen LogP contribution in [0, 0.1) is 6.92 Å². The quantitative estimate of drug-likeness (QED) is 0.342. The third-order valence-electron chi connectivity index (χ3n) is 6.36. The minimum absolute atomic E-state index is 0.192. The number of anilines is 1. The lowest BCUT2D eigenvalue weighted by Crippen LogP contribution is -2.49. The Bertz CT molecular complexity index is 1280. The fourth-order valence-corrected chi connectivity index (χ4v) is 5.24. The molecular formula is C28H27ClN4OS. The van der Waals surface area contributed by atoms with Crippen LogP contribution in [0.25, 0.3) is 11.4 Å². The molecule has 0 spiro atoms. The average molecular weight is 503 g/mol. The molecule has 1 aliphatic heterocycles. The van der Waals surface area contributed by atoms with Crippen molar-refractivity contribution in [2.24, 2.45) is 0 Å². The molecule has 0 atom stereocenters.